The molecule has 7 nitrogen and oxygen atoms in total. The van der Waals surface area contributed by atoms with Crippen molar-refractivity contribution in [3.63, 3.8) is 0 Å². The second kappa shape index (κ2) is 5.15. The highest BCUT2D eigenvalue weighted by Crippen LogP contribution is 2.19. The largest absolute Gasteiger partial charge is 0.381 e. The van der Waals surface area contributed by atoms with E-state index in [9.17, 15) is 8.42 Å². The number of sulfonamides is 1. The first kappa shape index (κ1) is 13.5. The summed E-state index contributed by atoms with van der Waals surface area (Å²) < 4.78 is 28.8. The molecule has 108 valence electrons. The zero-order chi connectivity index (χ0) is 14.9. The SMILES string of the molecule is Nc1nc2ccccn2c1S(=O)(=O)NCc1ccccn1. The van der Waals surface area contributed by atoms with Gasteiger partial charge in [0.2, 0.25) is 0 Å². The summed E-state index contributed by atoms with van der Waals surface area (Å²) in [6.07, 6.45) is 3.21. The Morgan fingerprint density at radius 3 is 2.76 bits per heavy atom. The molecule has 3 aromatic heterocycles. The number of nitrogens with one attached hydrogen (secondary N) is 1. The Bertz CT molecular complexity index is 874. The van der Waals surface area contributed by atoms with Crippen molar-refractivity contribution in [2.24, 2.45) is 0 Å². The van der Waals surface area contributed by atoms with Crippen LogP contribution >= 0.6 is 0 Å². The Kier molecular flexibility index (Phi) is 3.32. The number of hydrogen-bond donors (Lipinski definition) is 2. The topological polar surface area (TPSA) is 102 Å². The third-order valence-electron chi connectivity index (χ3n) is 2.94. The first-order chi connectivity index (χ1) is 10.1. The van der Waals surface area contributed by atoms with E-state index < -0.39 is 10.0 Å². The zero-order valence-corrected chi connectivity index (χ0v) is 11.8. The molecule has 3 heterocycles. The minimum absolute atomic E-state index is 0.0327. The molecule has 3 rings (SSSR count). The Morgan fingerprint density at radius 2 is 2.00 bits per heavy atom. The fourth-order valence-corrected chi connectivity index (χ4v) is 3.21. The number of aromatic nitrogens is 3. The predicted octanol–water partition coefficient (Wildman–Crippen LogP) is 0.790. The fraction of sp³-hybridized carbons (Fsp3) is 0.0769. The summed E-state index contributed by atoms with van der Waals surface area (Å²) in [5, 5.41) is -0.0611. The minimum Gasteiger partial charge on any atom is -0.381 e. The van der Waals surface area contributed by atoms with Gasteiger partial charge in [-0.1, -0.05) is 12.1 Å². The zero-order valence-electron chi connectivity index (χ0n) is 11.0. The van der Waals surface area contributed by atoms with Crippen molar-refractivity contribution in [1.82, 2.24) is 19.1 Å². The number of pyridine rings is 2. The van der Waals surface area contributed by atoms with Gasteiger partial charge in [0.15, 0.2) is 10.8 Å². The molecule has 0 aliphatic carbocycles. The Balaban J connectivity index is 1.95. The van der Waals surface area contributed by atoms with Crippen LogP contribution in [0.4, 0.5) is 5.82 Å². The summed E-state index contributed by atoms with van der Waals surface area (Å²) in [5.41, 5.74) is 6.84. The van der Waals surface area contributed by atoms with Crippen molar-refractivity contribution in [3.05, 3.63) is 54.5 Å². The van der Waals surface area contributed by atoms with Gasteiger partial charge < -0.3 is 5.73 Å². The fourth-order valence-electron chi connectivity index (χ4n) is 2.00. The molecule has 0 aliphatic rings. The van der Waals surface area contributed by atoms with Crippen LogP contribution < -0.4 is 10.5 Å². The van der Waals surface area contributed by atoms with E-state index in [-0.39, 0.29) is 17.4 Å². The molecule has 0 aliphatic heterocycles. The molecule has 3 N–H and O–H groups in total. The number of nitrogen functional groups attached to an aromatic ring is 1. The van der Waals surface area contributed by atoms with E-state index in [1.54, 1.807) is 48.8 Å². The monoisotopic (exact) mass is 303 g/mol. The Morgan fingerprint density at radius 1 is 1.19 bits per heavy atom. The quantitative estimate of drug-likeness (QED) is 0.742. The maximum absolute atomic E-state index is 12.4. The van der Waals surface area contributed by atoms with E-state index in [4.69, 9.17) is 5.73 Å². The van der Waals surface area contributed by atoms with E-state index in [0.717, 1.165) is 0 Å². The average Bonchev–Trinajstić information content (AvgIpc) is 2.83. The van der Waals surface area contributed by atoms with Gasteiger partial charge in [-0.25, -0.2) is 18.1 Å². The number of hydrogen-bond acceptors (Lipinski definition) is 5. The van der Waals surface area contributed by atoms with Gasteiger partial charge in [-0.15, -0.1) is 0 Å². The molecule has 0 saturated heterocycles. The number of rotatable bonds is 4. The van der Waals surface area contributed by atoms with E-state index >= 15 is 0 Å². The predicted molar refractivity (Wildman–Crippen MR) is 77.9 cm³/mol. The van der Waals surface area contributed by atoms with Crippen LogP contribution in [0.15, 0.2) is 53.8 Å². The third kappa shape index (κ3) is 2.58. The van der Waals surface area contributed by atoms with Crippen molar-refractivity contribution < 1.29 is 8.42 Å². The molecule has 0 radical (unpaired) electrons. The summed E-state index contributed by atoms with van der Waals surface area (Å²) in [7, 11) is -3.79. The first-order valence-corrected chi connectivity index (χ1v) is 7.68. The van der Waals surface area contributed by atoms with Gasteiger partial charge in [-0.2, -0.15) is 0 Å². The van der Waals surface area contributed by atoms with Gasteiger partial charge >= 0.3 is 0 Å². The van der Waals surface area contributed by atoms with Crippen LogP contribution in [0, 0.1) is 0 Å². The van der Waals surface area contributed by atoms with Crippen molar-refractivity contribution in [2.75, 3.05) is 5.73 Å². The standard InChI is InChI=1S/C13H13N5O2S/c14-12-13(18-8-4-2-6-11(18)17-12)21(19,20)16-9-10-5-1-3-7-15-10/h1-8,16H,9,14H2. The lowest BCUT2D eigenvalue weighted by Crippen LogP contribution is -2.25. The first-order valence-electron chi connectivity index (χ1n) is 6.20. The van der Waals surface area contributed by atoms with Crippen LogP contribution in [0.5, 0.6) is 0 Å². The van der Waals surface area contributed by atoms with Crippen LogP contribution in [0.25, 0.3) is 5.65 Å². The molecule has 0 spiro atoms. The molecule has 0 fully saturated rings. The van der Waals surface area contributed by atoms with Crippen LogP contribution in [0.3, 0.4) is 0 Å². The summed E-state index contributed by atoms with van der Waals surface area (Å²) in [5.74, 6) is -0.0327. The van der Waals surface area contributed by atoms with Crippen molar-refractivity contribution in [3.8, 4) is 0 Å². The van der Waals surface area contributed by atoms with Gasteiger partial charge in [-0.05, 0) is 24.3 Å². The summed E-state index contributed by atoms with van der Waals surface area (Å²) in [6, 6.07) is 10.5. The van der Waals surface area contributed by atoms with E-state index in [1.165, 1.54) is 4.40 Å². The normalized spacial score (nSPS) is 11.8. The van der Waals surface area contributed by atoms with Crippen molar-refractivity contribution in [1.29, 1.82) is 0 Å². The van der Waals surface area contributed by atoms with Gasteiger partial charge in [0.25, 0.3) is 10.0 Å². The van der Waals surface area contributed by atoms with Crippen molar-refractivity contribution in [2.45, 2.75) is 11.6 Å². The van der Waals surface area contributed by atoms with Gasteiger partial charge in [0, 0.05) is 12.4 Å². The third-order valence-corrected chi connectivity index (χ3v) is 4.37. The van der Waals surface area contributed by atoms with E-state index in [0.29, 0.717) is 11.3 Å². The van der Waals surface area contributed by atoms with Crippen LogP contribution in [-0.4, -0.2) is 22.8 Å². The summed E-state index contributed by atoms with van der Waals surface area (Å²) in [6.45, 7) is 0.0860. The molecule has 8 heteroatoms. The van der Waals surface area contributed by atoms with Crippen molar-refractivity contribution >= 4 is 21.5 Å². The second-order valence-electron chi connectivity index (χ2n) is 4.38. The molecule has 3 aromatic rings. The summed E-state index contributed by atoms with van der Waals surface area (Å²) in [4.78, 5) is 8.11. The average molecular weight is 303 g/mol. The maximum atomic E-state index is 12.4. The molecule has 0 bridgehead atoms. The Hall–Kier alpha value is -2.45. The molecule has 0 amide bonds. The lowest BCUT2D eigenvalue weighted by atomic mass is 10.4. The lowest BCUT2D eigenvalue weighted by Gasteiger charge is -2.06. The highest BCUT2D eigenvalue weighted by Gasteiger charge is 2.23. The molecule has 21 heavy (non-hydrogen) atoms. The number of fused-ring (bicyclic) bond motifs is 1. The molecule has 0 atom stereocenters. The van der Waals surface area contributed by atoms with E-state index in [2.05, 4.69) is 14.7 Å². The van der Waals surface area contributed by atoms with Crippen LogP contribution in [0.2, 0.25) is 0 Å². The number of anilines is 1. The van der Waals surface area contributed by atoms with Crippen LogP contribution in [0.1, 0.15) is 5.69 Å². The number of nitrogens with zero attached hydrogens (tertiary/aromatic N) is 3. The van der Waals surface area contributed by atoms with Crippen LogP contribution in [-0.2, 0) is 16.6 Å². The highest BCUT2D eigenvalue weighted by molar-refractivity contribution is 7.89. The molecule has 0 unspecified atom stereocenters. The maximum Gasteiger partial charge on any atom is 0.260 e. The van der Waals surface area contributed by atoms with Gasteiger partial charge in [0.1, 0.15) is 5.65 Å². The minimum atomic E-state index is -3.79. The molecular weight excluding hydrogens is 290 g/mol. The second-order valence-corrected chi connectivity index (χ2v) is 6.06. The van der Waals surface area contributed by atoms with Gasteiger partial charge in [-0.3, -0.25) is 9.38 Å². The smallest absolute Gasteiger partial charge is 0.260 e. The number of nitrogens with two attached hydrogens (primary N) is 1. The Labute approximate surface area is 121 Å². The lowest BCUT2D eigenvalue weighted by molar-refractivity contribution is 0.576. The molecule has 0 aromatic carbocycles. The van der Waals surface area contributed by atoms with Gasteiger partial charge in [0.05, 0.1) is 12.2 Å². The highest BCUT2D eigenvalue weighted by atomic mass is 32.2. The number of imidazole rings is 1. The summed E-state index contributed by atoms with van der Waals surface area (Å²) >= 11 is 0. The molecule has 0 saturated carbocycles. The van der Waals surface area contributed by atoms with E-state index in [1.807, 2.05) is 0 Å². The molecular formula is C13H13N5O2S.